The third-order valence-electron chi connectivity index (χ3n) is 3.17. The van der Waals surface area contributed by atoms with E-state index in [2.05, 4.69) is 4.74 Å². The topological polar surface area (TPSA) is 46.5 Å². The summed E-state index contributed by atoms with van der Waals surface area (Å²) in [7, 11) is 1.16. The molecule has 0 spiro atoms. The van der Waals surface area contributed by atoms with E-state index in [4.69, 9.17) is 0 Å². The number of ether oxygens (including phenoxy) is 1. The van der Waals surface area contributed by atoms with Crippen molar-refractivity contribution in [1.29, 1.82) is 0 Å². The first-order chi connectivity index (χ1) is 10.2. The number of aromatic hydroxyl groups is 1. The average molecular weight is 310 g/mol. The Morgan fingerprint density at radius 2 is 1.73 bits per heavy atom. The van der Waals surface area contributed by atoms with Gasteiger partial charge in [0, 0.05) is 5.56 Å². The van der Waals surface area contributed by atoms with Crippen LogP contribution in [0.15, 0.2) is 36.4 Å². The molecule has 0 unspecified atom stereocenters. The molecule has 3 nitrogen and oxygen atoms in total. The number of phenolic OH excluding ortho intramolecular Hbond substituents is 1. The molecule has 116 valence electrons. The zero-order valence-electron chi connectivity index (χ0n) is 11.9. The molecular formula is C16H13F3O3. The number of carbonyl (C=O) groups is 1. The fourth-order valence-electron chi connectivity index (χ4n) is 2.15. The predicted octanol–water partition coefficient (Wildman–Crippen LogP) is 4.17. The molecule has 0 aliphatic rings. The number of hydrogen-bond donors (Lipinski definition) is 1. The van der Waals surface area contributed by atoms with Crippen LogP contribution in [0.1, 0.15) is 21.5 Å². The van der Waals surface area contributed by atoms with Crippen molar-refractivity contribution in [3.63, 3.8) is 0 Å². The standard InChI is InChI=1S/C16H13F3O3/c1-9-7-12(14(13(20)8-9)15(21)22-2)10-3-5-11(6-4-10)16(17,18)19/h3-8,20H,1-2H3. The molecule has 22 heavy (non-hydrogen) atoms. The Hall–Kier alpha value is -2.50. The SMILES string of the molecule is COC(=O)c1c(O)cc(C)cc1-c1ccc(C(F)(F)F)cc1. The largest absolute Gasteiger partial charge is 0.507 e. The molecule has 0 fully saturated rings. The van der Waals surface area contributed by atoms with Crippen LogP contribution in [-0.2, 0) is 10.9 Å². The van der Waals surface area contributed by atoms with E-state index in [-0.39, 0.29) is 11.3 Å². The van der Waals surface area contributed by atoms with E-state index < -0.39 is 17.7 Å². The Morgan fingerprint density at radius 3 is 2.23 bits per heavy atom. The van der Waals surface area contributed by atoms with Crippen LogP contribution in [0.2, 0.25) is 0 Å². The monoisotopic (exact) mass is 310 g/mol. The van der Waals surface area contributed by atoms with Gasteiger partial charge in [-0.25, -0.2) is 4.79 Å². The average Bonchev–Trinajstić information content (AvgIpc) is 2.45. The van der Waals surface area contributed by atoms with Crippen molar-refractivity contribution in [2.75, 3.05) is 7.11 Å². The van der Waals surface area contributed by atoms with Gasteiger partial charge < -0.3 is 9.84 Å². The number of hydrogen-bond acceptors (Lipinski definition) is 3. The van der Waals surface area contributed by atoms with Gasteiger partial charge in [0.05, 0.1) is 12.7 Å². The molecule has 0 saturated heterocycles. The summed E-state index contributed by atoms with van der Waals surface area (Å²) < 4.78 is 42.4. The third kappa shape index (κ3) is 3.05. The quantitative estimate of drug-likeness (QED) is 0.847. The van der Waals surface area contributed by atoms with Crippen LogP contribution in [0.3, 0.4) is 0 Å². The molecule has 2 aromatic rings. The van der Waals surface area contributed by atoms with Crippen molar-refractivity contribution >= 4 is 5.97 Å². The molecule has 0 aliphatic carbocycles. The van der Waals surface area contributed by atoms with Gasteiger partial charge in [0.25, 0.3) is 0 Å². The van der Waals surface area contributed by atoms with E-state index in [1.165, 1.54) is 18.2 Å². The number of rotatable bonds is 2. The van der Waals surface area contributed by atoms with Crippen molar-refractivity contribution in [3.8, 4) is 16.9 Å². The van der Waals surface area contributed by atoms with Crippen LogP contribution in [0.4, 0.5) is 13.2 Å². The summed E-state index contributed by atoms with van der Waals surface area (Å²) >= 11 is 0. The first-order valence-electron chi connectivity index (χ1n) is 6.33. The van der Waals surface area contributed by atoms with Crippen LogP contribution >= 0.6 is 0 Å². The first kappa shape index (κ1) is 15.9. The lowest BCUT2D eigenvalue weighted by Crippen LogP contribution is -2.06. The second-order valence-corrected chi connectivity index (χ2v) is 4.77. The summed E-state index contributed by atoms with van der Waals surface area (Å²) in [4.78, 5) is 11.8. The highest BCUT2D eigenvalue weighted by Gasteiger charge is 2.30. The summed E-state index contributed by atoms with van der Waals surface area (Å²) in [5.74, 6) is -1.03. The van der Waals surface area contributed by atoms with Crippen LogP contribution in [-0.4, -0.2) is 18.2 Å². The lowest BCUT2D eigenvalue weighted by Gasteiger charge is -2.13. The third-order valence-corrected chi connectivity index (χ3v) is 3.17. The number of phenols is 1. The zero-order valence-corrected chi connectivity index (χ0v) is 11.9. The summed E-state index contributed by atoms with van der Waals surface area (Å²) in [5, 5.41) is 9.94. The van der Waals surface area contributed by atoms with Crippen LogP contribution in [0, 0.1) is 6.92 Å². The Balaban J connectivity index is 2.59. The number of alkyl halides is 3. The lowest BCUT2D eigenvalue weighted by molar-refractivity contribution is -0.137. The van der Waals surface area contributed by atoms with Crippen LogP contribution in [0.5, 0.6) is 5.75 Å². The molecular weight excluding hydrogens is 297 g/mol. The van der Waals surface area contributed by atoms with Gasteiger partial charge in [0.1, 0.15) is 11.3 Å². The lowest BCUT2D eigenvalue weighted by atomic mass is 9.96. The number of carbonyl (C=O) groups excluding carboxylic acids is 1. The Bertz CT molecular complexity index is 704. The minimum absolute atomic E-state index is 0.0761. The molecule has 0 heterocycles. The fraction of sp³-hybridized carbons (Fsp3) is 0.188. The van der Waals surface area contributed by atoms with Crippen molar-refractivity contribution in [2.45, 2.75) is 13.1 Å². The first-order valence-corrected chi connectivity index (χ1v) is 6.33. The fourth-order valence-corrected chi connectivity index (χ4v) is 2.15. The smallest absolute Gasteiger partial charge is 0.416 e. The van der Waals surface area contributed by atoms with Crippen molar-refractivity contribution in [3.05, 3.63) is 53.1 Å². The number of esters is 1. The van der Waals surface area contributed by atoms with Crippen LogP contribution < -0.4 is 0 Å². The summed E-state index contributed by atoms with van der Waals surface area (Å²) in [5.41, 5.74) is 0.506. The predicted molar refractivity (Wildman–Crippen MR) is 74.6 cm³/mol. The number of benzene rings is 2. The van der Waals surface area contributed by atoms with Crippen molar-refractivity contribution < 1.29 is 27.8 Å². The van der Waals surface area contributed by atoms with Gasteiger partial charge >= 0.3 is 12.1 Å². The molecule has 0 amide bonds. The molecule has 2 aromatic carbocycles. The number of aryl methyl sites for hydroxylation is 1. The highest BCUT2D eigenvalue weighted by molar-refractivity contribution is 6.00. The summed E-state index contributed by atoms with van der Waals surface area (Å²) in [6.07, 6.45) is -4.43. The van der Waals surface area contributed by atoms with E-state index in [0.717, 1.165) is 19.2 Å². The van der Waals surface area contributed by atoms with Crippen molar-refractivity contribution in [1.82, 2.24) is 0 Å². The second kappa shape index (κ2) is 5.71. The second-order valence-electron chi connectivity index (χ2n) is 4.77. The molecule has 0 bridgehead atoms. The molecule has 2 rings (SSSR count). The highest BCUT2D eigenvalue weighted by Crippen LogP contribution is 2.35. The van der Waals surface area contributed by atoms with Gasteiger partial charge in [0.2, 0.25) is 0 Å². The molecule has 6 heteroatoms. The minimum Gasteiger partial charge on any atom is -0.507 e. The van der Waals surface area contributed by atoms with Crippen LogP contribution in [0.25, 0.3) is 11.1 Å². The molecule has 0 radical (unpaired) electrons. The molecule has 0 atom stereocenters. The normalized spacial score (nSPS) is 11.3. The van der Waals surface area contributed by atoms with Gasteiger partial charge in [0.15, 0.2) is 0 Å². The Kier molecular flexibility index (Phi) is 4.12. The zero-order chi connectivity index (χ0) is 16.5. The van der Waals surface area contributed by atoms with E-state index in [1.807, 2.05) is 0 Å². The van der Waals surface area contributed by atoms with Gasteiger partial charge in [-0.2, -0.15) is 13.2 Å². The highest BCUT2D eigenvalue weighted by atomic mass is 19.4. The summed E-state index contributed by atoms with van der Waals surface area (Å²) in [6.45, 7) is 1.70. The van der Waals surface area contributed by atoms with E-state index >= 15 is 0 Å². The van der Waals surface area contributed by atoms with Crippen molar-refractivity contribution in [2.24, 2.45) is 0 Å². The maximum absolute atomic E-state index is 12.6. The molecule has 1 N–H and O–H groups in total. The summed E-state index contributed by atoms with van der Waals surface area (Å²) in [6, 6.07) is 7.35. The number of methoxy groups -OCH3 is 1. The van der Waals surface area contributed by atoms with Gasteiger partial charge in [-0.1, -0.05) is 18.2 Å². The molecule has 0 aliphatic heterocycles. The van der Waals surface area contributed by atoms with E-state index in [0.29, 0.717) is 16.7 Å². The van der Waals surface area contributed by atoms with E-state index in [1.54, 1.807) is 13.0 Å². The maximum atomic E-state index is 12.6. The minimum atomic E-state index is -4.43. The van der Waals surface area contributed by atoms with Gasteiger partial charge in [-0.05, 0) is 36.2 Å². The number of halogens is 3. The maximum Gasteiger partial charge on any atom is 0.416 e. The molecule has 0 saturated carbocycles. The molecule has 0 aromatic heterocycles. The van der Waals surface area contributed by atoms with Gasteiger partial charge in [-0.3, -0.25) is 0 Å². The Labute approximate surface area is 125 Å². The Morgan fingerprint density at radius 1 is 1.14 bits per heavy atom. The van der Waals surface area contributed by atoms with E-state index in [9.17, 15) is 23.1 Å². The van der Waals surface area contributed by atoms with Gasteiger partial charge in [-0.15, -0.1) is 0 Å².